The molecule has 100 valence electrons. The summed E-state index contributed by atoms with van der Waals surface area (Å²) >= 11 is 3.24. The van der Waals surface area contributed by atoms with E-state index in [0.717, 1.165) is 0 Å². The minimum absolute atomic E-state index is 0.0906. The number of hydrogen-bond donors (Lipinski definition) is 1. The maximum atomic E-state index is 13.8. The Morgan fingerprint density at radius 1 is 1.30 bits per heavy atom. The van der Waals surface area contributed by atoms with Crippen molar-refractivity contribution in [1.82, 2.24) is 4.98 Å². The van der Waals surface area contributed by atoms with Crippen LogP contribution in [0.25, 0.3) is 22.6 Å². The first-order valence-corrected chi connectivity index (χ1v) is 6.44. The van der Waals surface area contributed by atoms with Gasteiger partial charge in [-0.25, -0.2) is 14.2 Å². The highest BCUT2D eigenvalue weighted by Gasteiger charge is 2.16. The van der Waals surface area contributed by atoms with E-state index in [1.54, 1.807) is 12.1 Å². The standard InChI is InChI=1S/C14H7BrFNO3/c15-8-2-1-3-9(16)12(8)13-17-10-5-4-7(14(18)19)6-11(10)20-13/h1-6H,(H,18,19). The Hall–Kier alpha value is -2.21. The molecule has 1 N–H and O–H groups in total. The number of halogens is 2. The van der Waals surface area contributed by atoms with Gasteiger partial charge in [-0.1, -0.05) is 6.07 Å². The number of benzene rings is 2. The van der Waals surface area contributed by atoms with E-state index in [-0.39, 0.29) is 17.0 Å². The molecule has 0 aliphatic heterocycles. The number of oxazole rings is 1. The molecule has 0 amide bonds. The fourth-order valence-corrected chi connectivity index (χ4v) is 2.38. The number of hydrogen-bond acceptors (Lipinski definition) is 3. The SMILES string of the molecule is O=C(O)c1ccc2nc(-c3c(F)cccc3Br)oc2c1. The zero-order valence-corrected chi connectivity index (χ0v) is 11.5. The van der Waals surface area contributed by atoms with Gasteiger partial charge in [-0.15, -0.1) is 0 Å². The normalized spacial score (nSPS) is 10.9. The second-order valence-electron chi connectivity index (χ2n) is 4.10. The van der Waals surface area contributed by atoms with Crippen LogP contribution in [0.1, 0.15) is 10.4 Å². The van der Waals surface area contributed by atoms with Crippen LogP contribution in [0.15, 0.2) is 45.3 Å². The van der Waals surface area contributed by atoms with Crippen molar-refractivity contribution < 1.29 is 18.7 Å². The molecule has 0 unspecified atom stereocenters. The van der Waals surface area contributed by atoms with Crippen molar-refractivity contribution in [3.05, 3.63) is 52.3 Å². The van der Waals surface area contributed by atoms with Crippen molar-refractivity contribution in [2.45, 2.75) is 0 Å². The van der Waals surface area contributed by atoms with Crippen LogP contribution in [0.2, 0.25) is 0 Å². The van der Waals surface area contributed by atoms with Gasteiger partial charge in [0, 0.05) is 4.47 Å². The van der Waals surface area contributed by atoms with Crippen LogP contribution in [0.5, 0.6) is 0 Å². The Labute approximate surface area is 121 Å². The number of fused-ring (bicyclic) bond motifs is 1. The minimum Gasteiger partial charge on any atom is -0.478 e. The summed E-state index contributed by atoms with van der Waals surface area (Å²) in [6.07, 6.45) is 0. The van der Waals surface area contributed by atoms with Crippen molar-refractivity contribution in [2.75, 3.05) is 0 Å². The maximum Gasteiger partial charge on any atom is 0.335 e. The van der Waals surface area contributed by atoms with Gasteiger partial charge in [0.05, 0.1) is 11.1 Å². The topological polar surface area (TPSA) is 63.3 Å². The first-order chi connectivity index (χ1) is 9.56. The van der Waals surface area contributed by atoms with Crippen molar-refractivity contribution in [3.63, 3.8) is 0 Å². The summed E-state index contributed by atoms with van der Waals surface area (Å²) in [5.74, 6) is -1.42. The number of carbonyl (C=O) groups is 1. The lowest BCUT2D eigenvalue weighted by atomic mass is 10.2. The maximum absolute atomic E-state index is 13.8. The molecule has 1 heterocycles. The number of aromatic nitrogens is 1. The molecule has 2 aromatic carbocycles. The average molecular weight is 336 g/mol. The smallest absolute Gasteiger partial charge is 0.335 e. The van der Waals surface area contributed by atoms with Crippen molar-refractivity contribution in [3.8, 4) is 11.5 Å². The van der Waals surface area contributed by atoms with Crippen LogP contribution >= 0.6 is 15.9 Å². The fraction of sp³-hybridized carbons (Fsp3) is 0. The van der Waals surface area contributed by atoms with Crippen LogP contribution in [0.4, 0.5) is 4.39 Å². The zero-order chi connectivity index (χ0) is 14.3. The first-order valence-electron chi connectivity index (χ1n) is 5.64. The van der Waals surface area contributed by atoms with Crippen LogP contribution < -0.4 is 0 Å². The third-order valence-corrected chi connectivity index (χ3v) is 3.47. The second-order valence-corrected chi connectivity index (χ2v) is 4.96. The molecule has 0 saturated heterocycles. The molecule has 4 nitrogen and oxygen atoms in total. The van der Waals surface area contributed by atoms with Crippen LogP contribution in [0, 0.1) is 5.82 Å². The molecule has 0 aliphatic carbocycles. The Balaban J connectivity index is 2.21. The van der Waals surface area contributed by atoms with Crippen molar-refractivity contribution in [2.24, 2.45) is 0 Å². The number of carboxylic acids is 1. The Kier molecular flexibility index (Phi) is 3.02. The second kappa shape index (κ2) is 4.72. The molecule has 3 aromatic rings. The monoisotopic (exact) mass is 335 g/mol. The number of carboxylic acid groups (broad SMARTS) is 1. The van der Waals surface area contributed by atoms with E-state index in [2.05, 4.69) is 20.9 Å². The Morgan fingerprint density at radius 3 is 2.80 bits per heavy atom. The van der Waals surface area contributed by atoms with Gasteiger partial charge in [0.25, 0.3) is 0 Å². The summed E-state index contributed by atoms with van der Waals surface area (Å²) in [7, 11) is 0. The summed E-state index contributed by atoms with van der Waals surface area (Å²) in [6, 6.07) is 8.86. The van der Waals surface area contributed by atoms with Gasteiger partial charge in [0.2, 0.25) is 5.89 Å². The largest absolute Gasteiger partial charge is 0.478 e. The third kappa shape index (κ3) is 2.08. The summed E-state index contributed by atoms with van der Waals surface area (Å²) in [6.45, 7) is 0. The zero-order valence-electron chi connectivity index (χ0n) is 9.93. The number of aromatic carboxylic acids is 1. The molecule has 0 saturated carbocycles. The van der Waals surface area contributed by atoms with E-state index >= 15 is 0 Å². The van der Waals surface area contributed by atoms with Crippen LogP contribution in [-0.4, -0.2) is 16.1 Å². The quantitative estimate of drug-likeness (QED) is 0.765. The molecule has 0 bridgehead atoms. The number of rotatable bonds is 2. The van der Waals surface area contributed by atoms with Gasteiger partial charge in [0.15, 0.2) is 5.58 Å². The first kappa shape index (κ1) is 12.8. The highest BCUT2D eigenvalue weighted by molar-refractivity contribution is 9.10. The molecular formula is C14H7BrFNO3. The van der Waals surface area contributed by atoms with Gasteiger partial charge < -0.3 is 9.52 Å². The summed E-state index contributed by atoms with van der Waals surface area (Å²) in [4.78, 5) is 15.1. The summed E-state index contributed by atoms with van der Waals surface area (Å²) < 4.78 is 19.8. The van der Waals surface area contributed by atoms with E-state index in [4.69, 9.17) is 9.52 Å². The van der Waals surface area contributed by atoms with E-state index in [9.17, 15) is 9.18 Å². The molecule has 20 heavy (non-hydrogen) atoms. The molecular weight excluding hydrogens is 329 g/mol. The van der Waals surface area contributed by atoms with E-state index in [0.29, 0.717) is 15.6 Å². The number of nitrogens with zero attached hydrogens (tertiary/aromatic N) is 1. The van der Waals surface area contributed by atoms with Gasteiger partial charge >= 0.3 is 5.97 Å². The molecule has 0 atom stereocenters. The molecule has 0 fully saturated rings. The highest BCUT2D eigenvalue weighted by Crippen LogP contribution is 2.32. The fourth-order valence-electron chi connectivity index (χ4n) is 1.87. The summed E-state index contributed by atoms with van der Waals surface area (Å²) in [5, 5.41) is 8.93. The van der Waals surface area contributed by atoms with Gasteiger partial charge in [-0.05, 0) is 46.3 Å². The van der Waals surface area contributed by atoms with Gasteiger partial charge in [-0.2, -0.15) is 0 Å². The highest BCUT2D eigenvalue weighted by atomic mass is 79.9. The van der Waals surface area contributed by atoms with E-state index in [1.807, 2.05) is 0 Å². The minimum atomic E-state index is -1.06. The lowest BCUT2D eigenvalue weighted by Crippen LogP contribution is -1.94. The van der Waals surface area contributed by atoms with E-state index in [1.165, 1.54) is 24.3 Å². The van der Waals surface area contributed by atoms with Crippen LogP contribution in [-0.2, 0) is 0 Å². The Morgan fingerprint density at radius 2 is 2.10 bits per heavy atom. The van der Waals surface area contributed by atoms with Crippen LogP contribution in [0.3, 0.4) is 0 Å². The van der Waals surface area contributed by atoms with Gasteiger partial charge in [0.1, 0.15) is 11.3 Å². The molecule has 6 heteroatoms. The van der Waals surface area contributed by atoms with Crippen molar-refractivity contribution >= 4 is 33.0 Å². The molecule has 0 aliphatic rings. The lowest BCUT2D eigenvalue weighted by molar-refractivity contribution is 0.0697. The summed E-state index contributed by atoms with van der Waals surface area (Å²) in [5.41, 5.74) is 1.07. The van der Waals surface area contributed by atoms with Gasteiger partial charge in [-0.3, -0.25) is 0 Å². The Bertz CT molecular complexity index is 808. The van der Waals surface area contributed by atoms with Crippen molar-refractivity contribution in [1.29, 1.82) is 0 Å². The molecule has 0 spiro atoms. The molecule has 3 rings (SSSR count). The third-order valence-electron chi connectivity index (χ3n) is 2.81. The molecule has 0 radical (unpaired) electrons. The van der Waals surface area contributed by atoms with E-state index < -0.39 is 11.8 Å². The average Bonchev–Trinajstić information content (AvgIpc) is 2.80. The molecule has 1 aromatic heterocycles. The lowest BCUT2D eigenvalue weighted by Gasteiger charge is -2.00. The predicted molar refractivity (Wildman–Crippen MR) is 74.1 cm³/mol. The predicted octanol–water partition coefficient (Wildman–Crippen LogP) is 4.09.